The Kier molecular flexibility index (Phi) is 5.44. The monoisotopic (exact) mass is 446 g/mol. The number of aryl methyl sites for hydroxylation is 1. The third kappa shape index (κ3) is 4.24. The molecule has 1 fully saturated rings. The lowest BCUT2D eigenvalue weighted by atomic mass is 9.87. The minimum atomic E-state index is -0.499. The van der Waals surface area contributed by atoms with Crippen molar-refractivity contribution in [3.8, 4) is 11.1 Å². The van der Waals surface area contributed by atoms with Crippen LogP contribution in [0.2, 0.25) is 0 Å². The van der Waals surface area contributed by atoms with Crippen molar-refractivity contribution in [2.45, 2.75) is 65.1 Å². The van der Waals surface area contributed by atoms with Gasteiger partial charge in [-0.1, -0.05) is 6.07 Å². The van der Waals surface area contributed by atoms with Crippen LogP contribution in [0.4, 0.5) is 4.79 Å². The zero-order valence-corrected chi connectivity index (χ0v) is 20.4. The predicted molar refractivity (Wildman–Crippen MR) is 131 cm³/mol. The van der Waals surface area contributed by atoms with Gasteiger partial charge in [0.05, 0.1) is 6.04 Å². The smallest absolute Gasteiger partial charge is 0.410 e. The van der Waals surface area contributed by atoms with Crippen LogP contribution in [0.25, 0.3) is 22.2 Å². The number of benzene rings is 1. The summed E-state index contributed by atoms with van der Waals surface area (Å²) in [6.45, 7) is 10.6. The summed E-state index contributed by atoms with van der Waals surface area (Å²) in [6, 6.07) is 6.92. The lowest BCUT2D eigenvalue weighted by molar-refractivity contribution is 0.0223. The third-order valence-electron chi connectivity index (χ3n) is 6.88. The SMILES string of the molecule is Cc1c[nH]c2ncc(-c3cc4c(c(C5CCCN5C(=O)OC(C)(C)C)c3)CN(C)CC4)cc12. The van der Waals surface area contributed by atoms with Gasteiger partial charge in [0.2, 0.25) is 0 Å². The van der Waals surface area contributed by atoms with Gasteiger partial charge in [0.1, 0.15) is 11.2 Å². The van der Waals surface area contributed by atoms with Crippen molar-refractivity contribution in [3.63, 3.8) is 0 Å². The Morgan fingerprint density at radius 1 is 1.18 bits per heavy atom. The van der Waals surface area contributed by atoms with Gasteiger partial charge in [-0.15, -0.1) is 0 Å². The van der Waals surface area contributed by atoms with E-state index in [0.29, 0.717) is 0 Å². The van der Waals surface area contributed by atoms with Crippen LogP contribution >= 0.6 is 0 Å². The Morgan fingerprint density at radius 2 is 2.00 bits per heavy atom. The van der Waals surface area contributed by atoms with Gasteiger partial charge >= 0.3 is 6.09 Å². The number of aromatic nitrogens is 2. The highest BCUT2D eigenvalue weighted by atomic mass is 16.6. The number of hydrogen-bond acceptors (Lipinski definition) is 4. The molecular formula is C27H34N4O2. The summed E-state index contributed by atoms with van der Waals surface area (Å²) in [7, 11) is 2.17. The van der Waals surface area contributed by atoms with E-state index < -0.39 is 5.60 Å². The maximum atomic E-state index is 13.1. The molecule has 0 saturated carbocycles. The minimum absolute atomic E-state index is 0.0470. The number of carbonyl (C=O) groups is 1. The number of nitrogens with zero attached hydrogens (tertiary/aromatic N) is 3. The van der Waals surface area contributed by atoms with Gasteiger partial charge in [0, 0.05) is 43.0 Å². The maximum absolute atomic E-state index is 13.1. The zero-order chi connectivity index (χ0) is 23.3. The van der Waals surface area contributed by atoms with Gasteiger partial charge in [0.15, 0.2) is 0 Å². The summed E-state index contributed by atoms with van der Waals surface area (Å²) < 4.78 is 5.77. The fourth-order valence-corrected chi connectivity index (χ4v) is 5.22. The molecule has 33 heavy (non-hydrogen) atoms. The first kappa shape index (κ1) is 22.0. The van der Waals surface area contributed by atoms with Crippen molar-refractivity contribution in [1.82, 2.24) is 19.8 Å². The van der Waals surface area contributed by atoms with Crippen LogP contribution in [-0.2, 0) is 17.7 Å². The number of likely N-dealkylation sites (tertiary alicyclic amines) is 1. The molecule has 1 atom stereocenters. The summed E-state index contributed by atoms with van der Waals surface area (Å²) in [5.41, 5.74) is 7.95. The zero-order valence-electron chi connectivity index (χ0n) is 20.4. The summed E-state index contributed by atoms with van der Waals surface area (Å²) in [6.07, 6.45) is 6.73. The molecule has 2 aliphatic rings. The number of fused-ring (bicyclic) bond motifs is 2. The highest BCUT2D eigenvalue weighted by molar-refractivity contribution is 5.84. The molecule has 1 amide bonds. The van der Waals surface area contributed by atoms with E-state index in [1.165, 1.54) is 27.8 Å². The molecule has 6 heteroatoms. The van der Waals surface area contributed by atoms with Crippen LogP contribution in [0.3, 0.4) is 0 Å². The van der Waals surface area contributed by atoms with E-state index in [9.17, 15) is 4.79 Å². The summed E-state index contributed by atoms with van der Waals surface area (Å²) in [5.74, 6) is 0. The normalized spacial score (nSPS) is 19.2. The van der Waals surface area contributed by atoms with E-state index in [1.807, 2.05) is 38.1 Å². The quantitative estimate of drug-likeness (QED) is 0.557. The van der Waals surface area contributed by atoms with E-state index in [2.05, 4.69) is 47.0 Å². The Morgan fingerprint density at radius 3 is 2.79 bits per heavy atom. The number of amides is 1. The van der Waals surface area contributed by atoms with Gasteiger partial charge in [0.25, 0.3) is 0 Å². The van der Waals surface area contributed by atoms with Gasteiger partial charge in [-0.05, 0) is 94.0 Å². The molecule has 2 aromatic heterocycles. The number of H-pyrrole nitrogens is 1. The molecule has 1 saturated heterocycles. The van der Waals surface area contributed by atoms with Crippen molar-refractivity contribution < 1.29 is 9.53 Å². The Balaban J connectivity index is 1.59. The first-order chi connectivity index (χ1) is 15.7. The van der Waals surface area contributed by atoms with Crippen molar-refractivity contribution in [3.05, 3.63) is 52.8 Å². The molecular weight excluding hydrogens is 412 g/mol. The molecule has 0 bridgehead atoms. The first-order valence-electron chi connectivity index (χ1n) is 12.0. The molecule has 1 aromatic carbocycles. The van der Waals surface area contributed by atoms with E-state index >= 15 is 0 Å². The van der Waals surface area contributed by atoms with Crippen LogP contribution in [0.5, 0.6) is 0 Å². The van der Waals surface area contributed by atoms with Crippen LogP contribution in [0.15, 0.2) is 30.6 Å². The van der Waals surface area contributed by atoms with Crippen molar-refractivity contribution in [2.75, 3.05) is 20.1 Å². The van der Waals surface area contributed by atoms with E-state index in [1.54, 1.807) is 0 Å². The molecule has 6 nitrogen and oxygen atoms in total. The molecule has 5 rings (SSSR count). The number of ether oxygens (including phenoxy) is 1. The Bertz CT molecular complexity index is 1210. The second kappa shape index (κ2) is 8.17. The van der Waals surface area contributed by atoms with Gasteiger partial charge in [-0.2, -0.15) is 0 Å². The number of carbonyl (C=O) groups excluding carboxylic acids is 1. The minimum Gasteiger partial charge on any atom is -0.444 e. The molecule has 2 aliphatic heterocycles. The highest BCUT2D eigenvalue weighted by Crippen LogP contribution is 2.40. The van der Waals surface area contributed by atoms with E-state index in [4.69, 9.17) is 4.74 Å². The Labute approximate surface area is 195 Å². The maximum Gasteiger partial charge on any atom is 0.410 e. The van der Waals surface area contributed by atoms with Crippen molar-refractivity contribution in [1.29, 1.82) is 0 Å². The fraction of sp³-hybridized carbons (Fsp3) is 0.481. The summed E-state index contributed by atoms with van der Waals surface area (Å²) >= 11 is 0. The van der Waals surface area contributed by atoms with Crippen molar-refractivity contribution >= 4 is 17.1 Å². The van der Waals surface area contributed by atoms with Crippen LogP contribution in [-0.4, -0.2) is 51.6 Å². The second-order valence-corrected chi connectivity index (χ2v) is 10.6. The van der Waals surface area contributed by atoms with Crippen LogP contribution in [0.1, 0.15) is 61.9 Å². The lowest BCUT2D eigenvalue weighted by Crippen LogP contribution is -2.37. The summed E-state index contributed by atoms with van der Waals surface area (Å²) in [4.78, 5) is 25.3. The number of pyridine rings is 1. The molecule has 3 aromatic rings. The average molecular weight is 447 g/mol. The molecule has 1 unspecified atom stereocenters. The molecule has 0 aliphatic carbocycles. The number of rotatable bonds is 2. The van der Waals surface area contributed by atoms with E-state index in [0.717, 1.165) is 55.5 Å². The van der Waals surface area contributed by atoms with Crippen LogP contribution in [0, 0.1) is 6.92 Å². The van der Waals surface area contributed by atoms with Crippen LogP contribution < -0.4 is 0 Å². The average Bonchev–Trinajstić information content (AvgIpc) is 3.39. The topological polar surface area (TPSA) is 61.5 Å². The standard InChI is InChI=1S/C27H34N4O2/c1-17-14-28-25-21(17)13-20(15-29-25)19-11-18-8-10-30(5)16-23(18)22(12-19)24-7-6-9-31(24)26(32)33-27(2,3)4/h11-15,24H,6-10,16H2,1-5H3,(H,28,29). The lowest BCUT2D eigenvalue weighted by Gasteiger charge is -2.33. The molecule has 174 valence electrons. The molecule has 0 radical (unpaired) electrons. The molecule has 0 spiro atoms. The van der Waals surface area contributed by atoms with E-state index in [-0.39, 0.29) is 12.1 Å². The molecule has 1 N–H and O–H groups in total. The van der Waals surface area contributed by atoms with Gasteiger partial charge in [-0.25, -0.2) is 9.78 Å². The second-order valence-electron chi connectivity index (χ2n) is 10.6. The predicted octanol–water partition coefficient (Wildman–Crippen LogP) is 5.60. The van der Waals surface area contributed by atoms with Gasteiger partial charge in [-0.3, -0.25) is 0 Å². The highest BCUT2D eigenvalue weighted by Gasteiger charge is 2.35. The number of likely N-dealkylation sites (N-methyl/N-ethyl adjacent to an activating group) is 1. The van der Waals surface area contributed by atoms with Gasteiger partial charge < -0.3 is 19.5 Å². The van der Waals surface area contributed by atoms with Crippen molar-refractivity contribution in [2.24, 2.45) is 0 Å². The molecule has 4 heterocycles. The number of nitrogens with one attached hydrogen (secondary N) is 1. The Hall–Kier alpha value is -2.86. The number of aromatic amines is 1. The largest absolute Gasteiger partial charge is 0.444 e. The number of hydrogen-bond donors (Lipinski definition) is 1. The first-order valence-corrected chi connectivity index (χ1v) is 12.0. The summed E-state index contributed by atoms with van der Waals surface area (Å²) in [5, 5.41) is 1.16. The third-order valence-corrected chi connectivity index (χ3v) is 6.88. The fourth-order valence-electron chi connectivity index (χ4n) is 5.22.